The summed E-state index contributed by atoms with van der Waals surface area (Å²) in [7, 11) is 0. The lowest BCUT2D eigenvalue weighted by Crippen LogP contribution is -2.09. The monoisotopic (exact) mass is 294 g/mol. The maximum absolute atomic E-state index is 11.7. The van der Waals surface area contributed by atoms with Gasteiger partial charge in [0.2, 0.25) is 0 Å². The van der Waals surface area contributed by atoms with E-state index in [0.717, 1.165) is 12.8 Å². The fraction of sp³-hybridized carbons (Fsp3) is 0.500. The lowest BCUT2D eigenvalue weighted by Gasteiger charge is -2.06. The number of benzene rings is 1. The van der Waals surface area contributed by atoms with Gasteiger partial charge in [-0.2, -0.15) is 0 Å². The Morgan fingerprint density at radius 2 is 1.38 bits per heavy atom. The van der Waals surface area contributed by atoms with Crippen molar-refractivity contribution in [2.24, 2.45) is 0 Å². The van der Waals surface area contributed by atoms with E-state index < -0.39 is 5.97 Å². The molecule has 0 atom stereocenters. The van der Waals surface area contributed by atoms with Gasteiger partial charge in [0.25, 0.3) is 0 Å². The van der Waals surface area contributed by atoms with E-state index in [1.165, 1.54) is 0 Å². The summed E-state index contributed by atoms with van der Waals surface area (Å²) in [5.74, 6) is -0.815. The first-order chi connectivity index (χ1) is 10.2. The number of hydrogen-bond acceptors (Lipinski definition) is 5. The summed E-state index contributed by atoms with van der Waals surface area (Å²) in [4.78, 5) is 23.4. The van der Waals surface area contributed by atoms with Crippen LogP contribution in [-0.2, 0) is 9.47 Å². The molecule has 0 fully saturated rings. The molecule has 0 aromatic heterocycles. The van der Waals surface area contributed by atoms with Crippen molar-refractivity contribution in [1.29, 1.82) is 0 Å². The van der Waals surface area contributed by atoms with Crippen LogP contribution in [0.5, 0.6) is 0 Å². The molecule has 0 heterocycles. The normalized spacial score (nSPS) is 10.2. The fourth-order valence-electron chi connectivity index (χ4n) is 1.60. The van der Waals surface area contributed by atoms with Crippen LogP contribution < -0.4 is 0 Å². The van der Waals surface area contributed by atoms with E-state index in [-0.39, 0.29) is 19.2 Å². The van der Waals surface area contributed by atoms with Gasteiger partial charge in [0.05, 0.1) is 24.3 Å². The number of carbonyl (C=O) groups excluding carboxylic acids is 2. The Morgan fingerprint density at radius 3 is 1.81 bits per heavy atom. The number of unbranched alkanes of at least 4 members (excludes halogenated alkanes) is 2. The zero-order valence-electron chi connectivity index (χ0n) is 12.3. The Morgan fingerprint density at radius 1 is 0.905 bits per heavy atom. The first-order valence-electron chi connectivity index (χ1n) is 7.24. The fourth-order valence-corrected chi connectivity index (χ4v) is 1.60. The Bertz CT molecular complexity index is 438. The Balaban J connectivity index is 2.45. The highest BCUT2D eigenvalue weighted by molar-refractivity contribution is 5.93. The number of hydrogen-bond donors (Lipinski definition) is 1. The summed E-state index contributed by atoms with van der Waals surface area (Å²) in [6.45, 7) is 2.80. The molecule has 0 aliphatic carbocycles. The highest BCUT2D eigenvalue weighted by Crippen LogP contribution is 2.08. The Kier molecular flexibility index (Phi) is 8.12. The van der Waals surface area contributed by atoms with Crippen molar-refractivity contribution in [3.8, 4) is 0 Å². The highest BCUT2D eigenvalue weighted by Gasteiger charge is 2.10. The molecule has 0 spiro atoms. The van der Waals surface area contributed by atoms with Crippen molar-refractivity contribution in [2.75, 3.05) is 19.8 Å². The molecule has 0 amide bonds. The van der Waals surface area contributed by atoms with Gasteiger partial charge in [0.1, 0.15) is 0 Å². The van der Waals surface area contributed by atoms with E-state index in [4.69, 9.17) is 14.6 Å². The third kappa shape index (κ3) is 6.40. The lowest BCUT2D eigenvalue weighted by molar-refractivity contribution is 0.0481. The second kappa shape index (κ2) is 9.94. The Labute approximate surface area is 124 Å². The number of ether oxygens (including phenoxy) is 2. The molecule has 1 aromatic rings. The summed E-state index contributed by atoms with van der Waals surface area (Å²) in [5, 5.41) is 8.62. The standard InChI is InChI=1S/C16H22O5/c1-2-3-11-20-15(18)13-6-8-14(9-7-13)16(19)21-12-5-4-10-17/h6-9,17H,2-5,10-12H2,1H3. The summed E-state index contributed by atoms with van der Waals surface area (Å²) < 4.78 is 10.1. The summed E-state index contributed by atoms with van der Waals surface area (Å²) in [6, 6.07) is 6.20. The van der Waals surface area contributed by atoms with Crippen molar-refractivity contribution in [2.45, 2.75) is 32.6 Å². The van der Waals surface area contributed by atoms with Crippen molar-refractivity contribution in [3.63, 3.8) is 0 Å². The van der Waals surface area contributed by atoms with Crippen LogP contribution >= 0.6 is 0 Å². The minimum Gasteiger partial charge on any atom is -0.462 e. The van der Waals surface area contributed by atoms with Gasteiger partial charge in [-0.15, -0.1) is 0 Å². The van der Waals surface area contributed by atoms with Crippen LogP contribution in [0.2, 0.25) is 0 Å². The van der Waals surface area contributed by atoms with Gasteiger partial charge < -0.3 is 14.6 Å². The molecule has 0 saturated carbocycles. The molecule has 0 radical (unpaired) electrons. The number of carbonyl (C=O) groups is 2. The van der Waals surface area contributed by atoms with Crippen LogP contribution in [0.25, 0.3) is 0 Å². The quantitative estimate of drug-likeness (QED) is 0.560. The average Bonchev–Trinajstić information content (AvgIpc) is 2.51. The molecule has 5 heteroatoms. The summed E-state index contributed by atoms with van der Waals surface area (Å²) in [5.41, 5.74) is 0.812. The van der Waals surface area contributed by atoms with Crippen LogP contribution in [0.4, 0.5) is 0 Å². The third-order valence-electron chi connectivity index (χ3n) is 2.87. The summed E-state index contributed by atoms with van der Waals surface area (Å²) in [6.07, 6.45) is 3.04. The van der Waals surface area contributed by atoms with Gasteiger partial charge in [-0.3, -0.25) is 0 Å². The molecule has 116 valence electrons. The highest BCUT2D eigenvalue weighted by atomic mass is 16.5. The maximum atomic E-state index is 11.7. The van der Waals surface area contributed by atoms with Crippen LogP contribution in [0.3, 0.4) is 0 Å². The van der Waals surface area contributed by atoms with Gasteiger partial charge in [-0.05, 0) is 43.5 Å². The number of esters is 2. The molecule has 0 aliphatic rings. The zero-order chi connectivity index (χ0) is 15.5. The molecule has 1 N–H and O–H groups in total. The second-order valence-corrected chi connectivity index (χ2v) is 4.63. The van der Waals surface area contributed by atoms with E-state index in [0.29, 0.717) is 30.6 Å². The molecule has 21 heavy (non-hydrogen) atoms. The smallest absolute Gasteiger partial charge is 0.338 e. The molecule has 5 nitrogen and oxygen atoms in total. The predicted octanol–water partition coefficient (Wildman–Crippen LogP) is 2.57. The van der Waals surface area contributed by atoms with Crippen LogP contribution in [0.15, 0.2) is 24.3 Å². The average molecular weight is 294 g/mol. The lowest BCUT2D eigenvalue weighted by atomic mass is 10.1. The van der Waals surface area contributed by atoms with Gasteiger partial charge in [0.15, 0.2) is 0 Å². The second-order valence-electron chi connectivity index (χ2n) is 4.63. The molecule has 1 rings (SSSR count). The van der Waals surface area contributed by atoms with E-state index >= 15 is 0 Å². The van der Waals surface area contributed by atoms with Crippen molar-refractivity contribution >= 4 is 11.9 Å². The summed E-state index contributed by atoms with van der Waals surface area (Å²) >= 11 is 0. The van der Waals surface area contributed by atoms with Crippen molar-refractivity contribution < 1.29 is 24.2 Å². The van der Waals surface area contributed by atoms with Crippen molar-refractivity contribution in [1.82, 2.24) is 0 Å². The van der Waals surface area contributed by atoms with Gasteiger partial charge in [0, 0.05) is 6.61 Å². The largest absolute Gasteiger partial charge is 0.462 e. The van der Waals surface area contributed by atoms with Crippen LogP contribution in [-0.4, -0.2) is 36.9 Å². The molecular formula is C16H22O5. The van der Waals surface area contributed by atoms with Crippen LogP contribution in [0, 0.1) is 0 Å². The minimum absolute atomic E-state index is 0.0897. The molecule has 1 aromatic carbocycles. The van der Waals surface area contributed by atoms with E-state index in [2.05, 4.69) is 0 Å². The molecule has 0 saturated heterocycles. The molecule has 0 unspecified atom stereocenters. The molecule has 0 aliphatic heterocycles. The molecule has 0 bridgehead atoms. The van der Waals surface area contributed by atoms with Gasteiger partial charge in [-0.1, -0.05) is 13.3 Å². The third-order valence-corrected chi connectivity index (χ3v) is 2.87. The van der Waals surface area contributed by atoms with Gasteiger partial charge in [-0.25, -0.2) is 9.59 Å². The number of rotatable bonds is 9. The van der Waals surface area contributed by atoms with Gasteiger partial charge >= 0.3 is 11.9 Å². The first-order valence-corrected chi connectivity index (χ1v) is 7.24. The predicted molar refractivity (Wildman–Crippen MR) is 78.2 cm³/mol. The molecular weight excluding hydrogens is 272 g/mol. The van der Waals surface area contributed by atoms with Crippen LogP contribution in [0.1, 0.15) is 53.3 Å². The topological polar surface area (TPSA) is 72.8 Å². The van der Waals surface area contributed by atoms with Crippen molar-refractivity contribution in [3.05, 3.63) is 35.4 Å². The van der Waals surface area contributed by atoms with E-state index in [1.807, 2.05) is 6.92 Å². The van der Waals surface area contributed by atoms with E-state index in [1.54, 1.807) is 24.3 Å². The SMILES string of the molecule is CCCCOC(=O)c1ccc(C(=O)OCCCCO)cc1. The zero-order valence-corrected chi connectivity index (χ0v) is 12.3. The number of aliphatic hydroxyl groups is 1. The minimum atomic E-state index is -0.432. The van der Waals surface area contributed by atoms with E-state index in [9.17, 15) is 9.59 Å². The Hall–Kier alpha value is -1.88. The number of aliphatic hydroxyl groups excluding tert-OH is 1. The first kappa shape index (κ1) is 17.2. The maximum Gasteiger partial charge on any atom is 0.338 e.